The first-order valence-corrected chi connectivity index (χ1v) is 11.2. The van der Waals surface area contributed by atoms with Crippen LogP contribution in [0.3, 0.4) is 0 Å². The number of hydrogen-bond donors (Lipinski definition) is 1. The van der Waals surface area contributed by atoms with Crippen LogP contribution in [0.15, 0.2) is 66.5 Å². The van der Waals surface area contributed by atoms with Gasteiger partial charge in [0.2, 0.25) is 0 Å². The number of allylic oxidation sites excluding steroid dienone is 5. The summed E-state index contributed by atoms with van der Waals surface area (Å²) in [5.74, 6) is 0.101. The molecule has 160 valence electrons. The summed E-state index contributed by atoms with van der Waals surface area (Å²) < 4.78 is 5.19. The van der Waals surface area contributed by atoms with Crippen LogP contribution in [0.5, 0.6) is 0 Å². The molecule has 3 nitrogen and oxygen atoms in total. The quantitative estimate of drug-likeness (QED) is 0.143. The minimum Gasteiger partial charge on any atom is -0.491 e. The second-order valence-corrected chi connectivity index (χ2v) is 7.33. The lowest BCUT2D eigenvalue weighted by Gasteiger charge is -2.07. The van der Waals surface area contributed by atoms with E-state index in [0.29, 0.717) is 12.3 Å². The SMILES string of the molecule is CCCCCCCCCCC/C=C/C=C/C=C(\OC)C(=O)NCc1ccccc1. The van der Waals surface area contributed by atoms with E-state index in [9.17, 15) is 4.79 Å². The Morgan fingerprint density at radius 1 is 0.897 bits per heavy atom. The zero-order chi connectivity index (χ0) is 21.0. The molecule has 1 aromatic rings. The van der Waals surface area contributed by atoms with Gasteiger partial charge in [0.05, 0.1) is 7.11 Å². The largest absolute Gasteiger partial charge is 0.491 e. The molecule has 1 amide bonds. The van der Waals surface area contributed by atoms with Crippen LogP contribution in [-0.2, 0) is 16.1 Å². The number of hydrogen-bond acceptors (Lipinski definition) is 2. The Balaban J connectivity index is 2.14. The molecule has 0 aliphatic heterocycles. The minimum absolute atomic E-state index is 0.209. The fraction of sp³-hybridized carbons (Fsp3) is 0.500. The van der Waals surface area contributed by atoms with Crippen molar-refractivity contribution in [2.45, 2.75) is 77.7 Å². The van der Waals surface area contributed by atoms with Gasteiger partial charge < -0.3 is 10.1 Å². The lowest BCUT2D eigenvalue weighted by atomic mass is 10.1. The molecule has 0 fully saturated rings. The lowest BCUT2D eigenvalue weighted by Crippen LogP contribution is -2.25. The van der Waals surface area contributed by atoms with Crippen LogP contribution in [0.1, 0.15) is 76.7 Å². The van der Waals surface area contributed by atoms with E-state index in [0.717, 1.165) is 12.0 Å². The molecule has 1 N–H and O–H groups in total. The molecule has 29 heavy (non-hydrogen) atoms. The molecule has 1 rings (SSSR count). The molecule has 0 spiro atoms. The van der Waals surface area contributed by atoms with Gasteiger partial charge in [0.15, 0.2) is 5.76 Å². The van der Waals surface area contributed by atoms with Gasteiger partial charge in [0.25, 0.3) is 5.91 Å². The van der Waals surface area contributed by atoms with Gasteiger partial charge in [-0.05, 0) is 24.5 Å². The maximum absolute atomic E-state index is 12.2. The van der Waals surface area contributed by atoms with Crippen LogP contribution in [-0.4, -0.2) is 13.0 Å². The zero-order valence-electron chi connectivity index (χ0n) is 18.4. The maximum Gasteiger partial charge on any atom is 0.286 e. The third kappa shape index (κ3) is 13.5. The molecule has 0 atom stereocenters. The summed E-state index contributed by atoms with van der Waals surface area (Å²) in [7, 11) is 1.52. The molecule has 0 radical (unpaired) electrons. The van der Waals surface area contributed by atoms with E-state index in [1.165, 1.54) is 64.9 Å². The number of methoxy groups -OCH3 is 1. The third-order valence-electron chi connectivity index (χ3n) is 4.82. The normalized spacial score (nSPS) is 12.0. The Morgan fingerprint density at radius 3 is 2.21 bits per heavy atom. The van der Waals surface area contributed by atoms with Crippen molar-refractivity contribution in [3.05, 3.63) is 72.0 Å². The molecule has 0 unspecified atom stereocenters. The van der Waals surface area contributed by atoms with Crippen molar-refractivity contribution < 1.29 is 9.53 Å². The van der Waals surface area contributed by atoms with Gasteiger partial charge in [-0.3, -0.25) is 4.79 Å². The number of rotatable bonds is 16. The smallest absolute Gasteiger partial charge is 0.286 e. The zero-order valence-corrected chi connectivity index (χ0v) is 18.4. The summed E-state index contributed by atoms with van der Waals surface area (Å²) in [5, 5.41) is 2.87. The summed E-state index contributed by atoms with van der Waals surface area (Å²) in [4.78, 5) is 12.2. The van der Waals surface area contributed by atoms with Crippen LogP contribution >= 0.6 is 0 Å². The fourth-order valence-corrected chi connectivity index (χ4v) is 3.06. The van der Waals surface area contributed by atoms with Crippen molar-refractivity contribution in [1.82, 2.24) is 5.32 Å². The molecule has 0 aliphatic carbocycles. The minimum atomic E-state index is -0.209. The Morgan fingerprint density at radius 2 is 1.55 bits per heavy atom. The van der Waals surface area contributed by atoms with Crippen LogP contribution in [0.25, 0.3) is 0 Å². The van der Waals surface area contributed by atoms with E-state index in [1.54, 1.807) is 6.08 Å². The second-order valence-electron chi connectivity index (χ2n) is 7.33. The van der Waals surface area contributed by atoms with Gasteiger partial charge >= 0.3 is 0 Å². The van der Waals surface area contributed by atoms with E-state index in [1.807, 2.05) is 48.6 Å². The standard InChI is InChI=1S/C26H39NO2/c1-3-4-5-6-7-8-9-10-11-12-13-14-15-19-22-25(29-2)26(28)27-23-24-20-17-16-18-21-24/h13-22H,3-12,23H2,1-2H3,(H,27,28)/b14-13+,19-15+,25-22-. The predicted octanol–water partition coefficient (Wildman–Crippen LogP) is 6.87. The van der Waals surface area contributed by atoms with E-state index < -0.39 is 0 Å². The molecule has 0 bridgehead atoms. The van der Waals surface area contributed by atoms with Crippen molar-refractivity contribution in [2.75, 3.05) is 7.11 Å². The summed E-state index contributed by atoms with van der Waals surface area (Å²) in [6, 6.07) is 9.83. The molecule has 0 heterocycles. The highest BCUT2D eigenvalue weighted by Crippen LogP contribution is 2.10. The number of nitrogens with one attached hydrogen (secondary N) is 1. The first-order valence-electron chi connectivity index (χ1n) is 11.2. The summed E-state index contributed by atoms with van der Waals surface area (Å²) in [6.45, 7) is 2.75. The molecule has 3 heteroatoms. The lowest BCUT2D eigenvalue weighted by molar-refractivity contribution is -0.120. The molecular formula is C26H39NO2. The topological polar surface area (TPSA) is 38.3 Å². The molecular weight excluding hydrogens is 358 g/mol. The monoisotopic (exact) mass is 397 g/mol. The number of amides is 1. The van der Waals surface area contributed by atoms with Crippen molar-refractivity contribution in [3.63, 3.8) is 0 Å². The Hall–Kier alpha value is -2.29. The molecule has 1 aromatic carbocycles. The van der Waals surface area contributed by atoms with E-state index in [2.05, 4.69) is 18.3 Å². The van der Waals surface area contributed by atoms with E-state index in [4.69, 9.17) is 4.74 Å². The summed E-state index contributed by atoms with van der Waals surface area (Å²) in [5.41, 5.74) is 1.06. The molecule has 0 saturated carbocycles. The van der Waals surface area contributed by atoms with Gasteiger partial charge in [0.1, 0.15) is 0 Å². The number of carbonyl (C=O) groups excluding carboxylic acids is 1. The highest BCUT2D eigenvalue weighted by molar-refractivity contribution is 5.91. The second kappa shape index (κ2) is 17.8. The van der Waals surface area contributed by atoms with E-state index >= 15 is 0 Å². The fourth-order valence-electron chi connectivity index (χ4n) is 3.06. The maximum atomic E-state index is 12.2. The predicted molar refractivity (Wildman–Crippen MR) is 124 cm³/mol. The average molecular weight is 398 g/mol. The summed E-state index contributed by atoms with van der Waals surface area (Å²) in [6.07, 6.45) is 23.0. The van der Waals surface area contributed by atoms with Crippen molar-refractivity contribution in [3.8, 4) is 0 Å². The van der Waals surface area contributed by atoms with Crippen LogP contribution < -0.4 is 5.32 Å². The van der Waals surface area contributed by atoms with Gasteiger partial charge in [0, 0.05) is 6.54 Å². The molecule has 0 aliphatic rings. The van der Waals surface area contributed by atoms with Crippen molar-refractivity contribution in [2.24, 2.45) is 0 Å². The Labute approximate surface area is 177 Å². The van der Waals surface area contributed by atoms with Crippen molar-refractivity contribution in [1.29, 1.82) is 0 Å². The Bertz CT molecular complexity index is 617. The van der Waals surface area contributed by atoms with Crippen LogP contribution in [0.2, 0.25) is 0 Å². The summed E-state index contributed by atoms with van der Waals surface area (Å²) >= 11 is 0. The van der Waals surface area contributed by atoms with Crippen LogP contribution in [0.4, 0.5) is 0 Å². The molecule has 0 aromatic heterocycles. The van der Waals surface area contributed by atoms with Gasteiger partial charge in [-0.15, -0.1) is 0 Å². The van der Waals surface area contributed by atoms with Gasteiger partial charge in [-0.2, -0.15) is 0 Å². The number of carbonyl (C=O) groups is 1. The highest BCUT2D eigenvalue weighted by Gasteiger charge is 2.07. The number of unbranched alkanes of at least 4 members (excludes halogenated alkanes) is 9. The third-order valence-corrected chi connectivity index (χ3v) is 4.82. The first-order chi connectivity index (χ1) is 14.3. The highest BCUT2D eigenvalue weighted by atomic mass is 16.5. The molecule has 0 saturated heterocycles. The van der Waals surface area contributed by atoms with Crippen molar-refractivity contribution >= 4 is 5.91 Å². The number of benzene rings is 1. The Kier molecular flexibility index (Phi) is 15.2. The number of ether oxygens (including phenoxy) is 1. The average Bonchev–Trinajstić information content (AvgIpc) is 2.75. The van der Waals surface area contributed by atoms with Gasteiger partial charge in [-0.1, -0.05) is 113 Å². The first kappa shape index (κ1) is 24.7. The van der Waals surface area contributed by atoms with E-state index in [-0.39, 0.29) is 5.91 Å². The van der Waals surface area contributed by atoms with Crippen LogP contribution in [0, 0.1) is 0 Å². The van der Waals surface area contributed by atoms with Gasteiger partial charge in [-0.25, -0.2) is 0 Å².